The Labute approximate surface area is 196 Å². The van der Waals surface area contributed by atoms with E-state index >= 15 is 0 Å². The summed E-state index contributed by atoms with van der Waals surface area (Å²) in [5.74, 6) is 0.736. The zero-order chi connectivity index (χ0) is 23.6. The number of likely N-dealkylation sites (N-methyl/N-ethyl adjacent to an activating group) is 1. The molecule has 1 aromatic heterocycles. The second-order valence-electron chi connectivity index (χ2n) is 9.87. The molecule has 3 heterocycles. The van der Waals surface area contributed by atoms with Crippen molar-refractivity contribution in [2.45, 2.75) is 56.9 Å². The van der Waals surface area contributed by atoms with Crippen molar-refractivity contribution in [1.82, 2.24) is 25.1 Å². The molecule has 7 nitrogen and oxygen atoms in total. The number of rotatable bonds is 5. The predicted molar refractivity (Wildman–Crippen MR) is 128 cm³/mol. The van der Waals surface area contributed by atoms with Gasteiger partial charge in [0.05, 0.1) is 0 Å². The number of carbonyl (C=O) groups excluding carboxylic acids is 2. The lowest BCUT2D eigenvalue weighted by molar-refractivity contribution is -0.144. The zero-order valence-corrected chi connectivity index (χ0v) is 20.2. The molecule has 0 radical (unpaired) electrons. The summed E-state index contributed by atoms with van der Waals surface area (Å²) in [6.07, 6.45) is 4.23. The van der Waals surface area contributed by atoms with Crippen LogP contribution in [0.2, 0.25) is 0 Å². The molecular weight excluding hydrogens is 414 g/mol. The molecule has 2 aliphatic heterocycles. The number of aromatic nitrogens is 2. The summed E-state index contributed by atoms with van der Waals surface area (Å²) >= 11 is 0. The quantitative estimate of drug-likeness (QED) is 0.759. The lowest BCUT2D eigenvalue weighted by atomic mass is 9.78. The fourth-order valence-corrected chi connectivity index (χ4v) is 5.32. The van der Waals surface area contributed by atoms with Gasteiger partial charge in [0.15, 0.2) is 0 Å². The summed E-state index contributed by atoms with van der Waals surface area (Å²) in [6, 6.07) is 12.1. The van der Waals surface area contributed by atoms with E-state index in [2.05, 4.69) is 46.3 Å². The standard InChI is InChI=1S/C26H35N5O2/c1-19-17-21(22(32)27-3)29-23(28-19)25(2)12-15-31(16-13-25)24(33)26(11-8-14-30(26)4)18-20-9-6-5-7-10-20/h5-7,9-10,17H,8,11-16,18H2,1-4H3,(H,27,32). The number of hydrogen-bond donors (Lipinski definition) is 1. The number of carbonyl (C=O) groups is 2. The summed E-state index contributed by atoms with van der Waals surface area (Å²) < 4.78 is 0. The number of hydrogen-bond acceptors (Lipinski definition) is 5. The Morgan fingerprint density at radius 3 is 2.36 bits per heavy atom. The van der Waals surface area contributed by atoms with E-state index in [-0.39, 0.29) is 17.2 Å². The maximum atomic E-state index is 13.9. The van der Waals surface area contributed by atoms with Gasteiger partial charge < -0.3 is 10.2 Å². The summed E-state index contributed by atoms with van der Waals surface area (Å²) in [5.41, 5.74) is 1.65. The molecule has 1 aromatic carbocycles. The SMILES string of the molecule is CNC(=O)c1cc(C)nc(C2(C)CCN(C(=O)C3(Cc4ccccc4)CCCN3C)CC2)n1. The second-order valence-corrected chi connectivity index (χ2v) is 9.87. The van der Waals surface area contributed by atoms with E-state index in [4.69, 9.17) is 0 Å². The van der Waals surface area contributed by atoms with Gasteiger partial charge in [0.1, 0.15) is 17.1 Å². The minimum atomic E-state index is -0.471. The van der Waals surface area contributed by atoms with Crippen molar-refractivity contribution >= 4 is 11.8 Å². The Morgan fingerprint density at radius 2 is 1.76 bits per heavy atom. The van der Waals surface area contributed by atoms with Crippen LogP contribution in [0.1, 0.15) is 60.2 Å². The first-order valence-corrected chi connectivity index (χ1v) is 11.9. The molecule has 7 heteroatoms. The van der Waals surface area contributed by atoms with Crippen LogP contribution in [0.15, 0.2) is 36.4 Å². The van der Waals surface area contributed by atoms with Gasteiger partial charge in [-0.1, -0.05) is 37.3 Å². The van der Waals surface area contributed by atoms with Crippen LogP contribution in [0.5, 0.6) is 0 Å². The molecule has 0 aliphatic carbocycles. The van der Waals surface area contributed by atoms with Crippen molar-refractivity contribution in [2.75, 3.05) is 33.7 Å². The zero-order valence-electron chi connectivity index (χ0n) is 20.2. The van der Waals surface area contributed by atoms with Gasteiger partial charge in [0, 0.05) is 31.2 Å². The van der Waals surface area contributed by atoms with E-state index in [1.165, 1.54) is 5.56 Å². The fourth-order valence-electron chi connectivity index (χ4n) is 5.32. The van der Waals surface area contributed by atoms with Crippen LogP contribution in [-0.4, -0.2) is 70.9 Å². The summed E-state index contributed by atoms with van der Waals surface area (Å²) in [6.45, 7) is 6.34. The van der Waals surface area contributed by atoms with Crippen LogP contribution >= 0.6 is 0 Å². The molecule has 2 saturated heterocycles. The van der Waals surface area contributed by atoms with Gasteiger partial charge in [-0.3, -0.25) is 14.5 Å². The smallest absolute Gasteiger partial charge is 0.269 e. The topological polar surface area (TPSA) is 78.4 Å². The molecule has 4 rings (SSSR count). The Bertz CT molecular complexity index is 1020. The maximum absolute atomic E-state index is 13.9. The van der Waals surface area contributed by atoms with E-state index in [0.717, 1.165) is 44.3 Å². The molecule has 1 atom stereocenters. The highest BCUT2D eigenvalue weighted by Gasteiger charge is 2.49. The van der Waals surface area contributed by atoms with E-state index in [0.29, 0.717) is 24.6 Å². The van der Waals surface area contributed by atoms with Crippen LogP contribution in [0.4, 0.5) is 0 Å². The van der Waals surface area contributed by atoms with Crippen molar-refractivity contribution in [1.29, 1.82) is 0 Å². The molecule has 33 heavy (non-hydrogen) atoms. The van der Waals surface area contributed by atoms with Crippen LogP contribution in [0, 0.1) is 6.92 Å². The first kappa shape index (κ1) is 23.4. The third-order valence-electron chi connectivity index (χ3n) is 7.56. The molecule has 176 valence electrons. The molecule has 1 unspecified atom stereocenters. The number of piperidine rings is 1. The summed E-state index contributed by atoms with van der Waals surface area (Å²) in [5, 5.41) is 2.65. The van der Waals surface area contributed by atoms with Crippen molar-refractivity contribution in [3.05, 3.63) is 59.2 Å². The average Bonchev–Trinajstić information content (AvgIpc) is 3.19. The largest absolute Gasteiger partial charge is 0.354 e. The van der Waals surface area contributed by atoms with E-state index in [1.807, 2.05) is 30.0 Å². The van der Waals surface area contributed by atoms with Crippen molar-refractivity contribution in [2.24, 2.45) is 0 Å². The predicted octanol–water partition coefficient (Wildman–Crippen LogP) is 2.73. The fraction of sp³-hybridized carbons (Fsp3) is 0.538. The molecule has 2 amide bonds. The third-order valence-corrected chi connectivity index (χ3v) is 7.56. The Hall–Kier alpha value is -2.80. The van der Waals surface area contributed by atoms with Gasteiger partial charge in [0.25, 0.3) is 5.91 Å². The molecule has 0 bridgehead atoms. The first-order valence-electron chi connectivity index (χ1n) is 11.9. The number of benzene rings is 1. The van der Waals surface area contributed by atoms with Gasteiger partial charge in [-0.15, -0.1) is 0 Å². The molecule has 0 spiro atoms. The van der Waals surface area contributed by atoms with Crippen molar-refractivity contribution in [3.8, 4) is 0 Å². The van der Waals surface area contributed by atoms with Gasteiger partial charge in [-0.2, -0.15) is 0 Å². The first-order chi connectivity index (χ1) is 15.8. The minimum absolute atomic E-state index is 0.204. The number of amides is 2. The van der Waals surface area contributed by atoms with Gasteiger partial charge in [-0.25, -0.2) is 9.97 Å². The highest BCUT2D eigenvalue weighted by Crippen LogP contribution is 2.38. The Kier molecular flexibility index (Phi) is 6.52. The summed E-state index contributed by atoms with van der Waals surface area (Å²) in [4.78, 5) is 39.6. The molecule has 2 aromatic rings. The van der Waals surface area contributed by atoms with E-state index < -0.39 is 5.54 Å². The van der Waals surface area contributed by atoms with Gasteiger partial charge >= 0.3 is 0 Å². The van der Waals surface area contributed by atoms with Crippen molar-refractivity contribution in [3.63, 3.8) is 0 Å². The lowest BCUT2D eigenvalue weighted by Crippen LogP contribution is -2.59. The number of likely N-dealkylation sites (tertiary alicyclic amines) is 2. The highest BCUT2D eigenvalue weighted by atomic mass is 16.2. The number of nitrogens with zero attached hydrogens (tertiary/aromatic N) is 4. The van der Waals surface area contributed by atoms with E-state index in [9.17, 15) is 9.59 Å². The summed E-state index contributed by atoms with van der Waals surface area (Å²) in [7, 11) is 3.69. The average molecular weight is 450 g/mol. The van der Waals surface area contributed by atoms with Crippen molar-refractivity contribution < 1.29 is 9.59 Å². The highest BCUT2D eigenvalue weighted by molar-refractivity contribution is 5.92. The third kappa shape index (κ3) is 4.51. The molecule has 1 N–H and O–H groups in total. The monoisotopic (exact) mass is 449 g/mol. The molecule has 0 saturated carbocycles. The number of aryl methyl sites for hydroxylation is 1. The van der Waals surface area contributed by atoms with Crippen LogP contribution in [0.25, 0.3) is 0 Å². The normalized spacial score (nSPS) is 22.8. The Morgan fingerprint density at radius 1 is 1.06 bits per heavy atom. The lowest BCUT2D eigenvalue weighted by Gasteiger charge is -2.44. The molecule has 2 aliphatic rings. The maximum Gasteiger partial charge on any atom is 0.269 e. The number of nitrogens with one attached hydrogen (secondary N) is 1. The van der Waals surface area contributed by atoms with Crippen LogP contribution in [-0.2, 0) is 16.6 Å². The molecular formula is C26H35N5O2. The molecule has 2 fully saturated rings. The Balaban J connectivity index is 1.52. The van der Waals surface area contributed by atoms with Crippen LogP contribution in [0.3, 0.4) is 0 Å². The second kappa shape index (κ2) is 9.21. The van der Waals surface area contributed by atoms with Gasteiger partial charge in [0.2, 0.25) is 5.91 Å². The van der Waals surface area contributed by atoms with Crippen LogP contribution < -0.4 is 5.32 Å². The van der Waals surface area contributed by atoms with Gasteiger partial charge in [-0.05, 0) is 64.3 Å². The minimum Gasteiger partial charge on any atom is -0.354 e. The van der Waals surface area contributed by atoms with E-state index in [1.54, 1.807) is 13.1 Å².